The second-order valence-electron chi connectivity index (χ2n) is 4.49. The summed E-state index contributed by atoms with van der Waals surface area (Å²) in [6.45, 7) is 6.04. The maximum atomic E-state index is 9.10. The molecule has 0 unspecified atom stereocenters. The van der Waals surface area contributed by atoms with Gasteiger partial charge in [0.25, 0.3) is 0 Å². The zero-order valence-electron chi connectivity index (χ0n) is 12.0. The van der Waals surface area contributed by atoms with E-state index in [-0.39, 0.29) is 6.29 Å². The zero-order chi connectivity index (χ0) is 14.4. The average Bonchev–Trinajstić information content (AvgIpc) is 2.88. The molecule has 0 aliphatic carbocycles. The molecule has 0 aliphatic heterocycles. The molecule has 106 valence electrons. The fraction of sp³-hybridized carbons (Fsp3) is 0.438. The molecule has 20 heavy (non-hydrogen) atoms. The fourth-order valence-corrected chi connectivity index (χ4v) is 2.35. The lowest BCUT2D eigenvalue weighted by atomic mass is 10.1. The van der Waals surface area contributed by atoms with Crippen molar-refractivity contribution in [2.75, 3.05) is 13.2 Å². The number of hydrogen-bond acceptors (Lipinski definition) is 3. The van der Waals surface area contributed by atoms with Crippen molar-refractivity contribution in [1.82, 2.24) is 4.57 Å². The smallest absolute Gasteiger partial charge is 0.159 e. The molecule has 1 aromatic carbocycles. The van der Waals surface area contributed by atoms with E-state index in [1.54, 1.807) is 0 Å². The number of benzene rings is 1. The van der Waals surface area contributed by atoms with Crippen LogP contribution in [0.25, 0.3) is 10.9 Å². The highest BCUT2D eigenvalue weighted by Crippen LogP contribution is 2.20. The molecule has 0 saturated carbocycles. The maximum Gasteiger partial charge on any atom is 0.159 e. The first-order valence-electron chi connectivity index (χ1n) is 7.01. The van der Waals surface area contributed by atoms with Crippen molar-refractivity contribution in [3.8, 4) is 6.07 Å². The van der Waals surface area contributed by atoms with Crippen LogP contribution < -0.4 is 0 Å². The van der Waals surface area contributed by atoms with Crippen LogP contribution in [0.5, 0.6) is 0 Å². The average molecular weight is 272 g/mol. The van der Waals surface area contributed by atoms with Crippen LogP contribution in [0, 0.1) is 11.3 Å². The number of rotatable bonds is 7. The Morgan fingerprint density at radius 1 is 1.20 bits per heavy atom. The summed E-state index contributed by atoms with van der Waals surface area (Å²) in [7, 11) is 0. The van der Waals surface area contributed by atoms with Crippen LogP contribution in [0.2, 0.25) is 0 Å². The van der Waals surface area contributed by atoms with Gasteiger partial charge >= 0.3 is 0 Å². The predicted molar refractivity (Wildman–Crippen MR) is 78.3 cm³/mol. The van der Waals surface area contributed by atoms with Gasteiger partial charge < -0.3 is 14.0 Å². The third kappa shape index (κ3) is 3.19. The van der Waals surface area contributed by atoms with Crippen LogP contribution in [-0.4, -0.2) is 24.1 Å². The number of aryl methyl sites for hydroxylation is 1. The van der Waals surface area contributed by atoms with Crippen molar-refractivity contribution in [2.24, 2.45) is 0 Å². The van der Waals surface area contributed by atoms with Gasteiger partial charge in [0.15, 0.2) is 6.29 Å². The first-order chi connectivity index (χ1) is 9.80. The van der Waals surface area contributed by atoms with Gasteiger partial charge in [-0.15, -0.1) is 0 Å². The Labute approximate surface area is 119 Å². The summed E-state index contributed by atoms with van der Waals surface area (Å²) in [6.07, 6.45) is 2.64. The molecular formula is C16H20N2O2. The number of aromatic nitrogens is 1. The molecule has 0 aliphatic rings. The minimum atomic E-state index is -0.165. The van der Waals surface area contributed by atoms with Gasteiger partial charge in [0.2, 0.25) is 0 Å². The van der Waals surface area contributed by atoms with Gasteiger partial charge in [0.05, 0.1) is 11.6 Å². The van der Waals surface area contributed by atoms with Crippen molar-refractivity contribution >= 4 is 10.9 Å². The molecule has 2 rings (SSSR count). The number of fused-ring (bicyclic) bond motifs is 1. The number of hydrogen-bond donors (Lipinski definition) is 0. The molecule has 0 spiro atoms. The summed E-state index contributed by atoms with van der Waals surface area (Å²) < 4.78 is 13.2. The number of ether oxygens (including phenoxy) is 2. The third-order valence-corrected chi connectivity index (χ3v) is 3.24. The van der Waals surface area contributed by atoms with Crippen molar-refractivity contribution in [1.29, 1.82) is 5.26 Å². The molecule has 0 atom stereocenters. The van der Waals surface area contributed by atoms with Crippen molar-refractivity contribution < 1.29 is 9.47 Å². The molecule has 0 amide bonds. The summed E-state index contributed by atoms with van der Waals surface area (Å²) in [5, 5.41) is 10.1. The van der Waals surface area contributed by atoms with E-state index in [1.807, 2.05) is 44.3 Å². The maximum absolute atomic E-state index is 9.10. The van der Waals surface area contributed by atoms with Gasteiger partial charge in [-0.2, -0.15) is 5.26 Å². The molecular weight excluding hydrogens is 252 g/mol. The third-order valence-electron chi connectivity index (χ3n) is 3.24. The van der Waals surface area contributed by atoms with Crippen LogP contribution in [-0.2, 0) is 16.0 Å². The van der Waals surface area contributed by atoms with Gasteiger partial charge in [-0.25, -0.2) is 0 Å². The van der Waals surface area contributed by atoms with Crippen LogP contribution in [0.1, 0.15) is 25.8 Å². The molecule has 1 heterocycles. The fourth-order valence-electron chi connectivity index (χ4n) is 2.35. The molecule has 0 radical (unpaired) electrons. The molecule has 4 heteroatoms. The first kappa shape index (κ1) is 14.6. The van der Waals surface area contributed by atoms with Crippen LogP contribution in [0.15, 0.2) is 30.5 Å². The summed E-state index contributed by atoms with van der Waals surface area (Å²) in [4.78, 5) is 0. The predicted octanol–water partition coefficient (Wildman–Crippen LogP) is 3.30. The Kier molecular flexibility index (Phi) is 5.16. The highest BCUT2D eigenvalue weighted by molar-refractivity contribution is 5.85. The van der Waals surface area contributed by atoms with E-state index in [0.29, 0.717) is 18.8 Å². The highest BCUT2D eigenvalue weighted by Gasteiger charge is 2.10. The van der Waals surface area contributed by atoms with Gasteiger partial charge in [0, 0.05) is 43.3 Å². The second-order valence-corrected chi connectivity index (χ2v) is 4.49. The lowest BCUT2D eigenvalue weighted by molar-refractivity contribution is -0.140. The quantitative estimate of drug-likeness (QED) is 0.726. The normalized spacial score (nSPS) is 11.1. The van der Waals surface area contributed by atoms with E-state index in [0.717, 1.165) is 23.9 Å². The Balaban J connectivity index is 2.12. The molecule has 0 fully saturated rings. The largest absolute Gasteiger partial charge is 0.353 e. The number of nitriles is 1. The molecule has 0 bridgehead atoms. The molecule has 4 nitrogen and oxygen atoms in total. The van der Waals surface area contributed by atoms with E-state index >= 15 is 0 Å². The van der Waals surface area contributed by atoms with E-state index in [2.05, 4.69) is 10.6 Å². The lowest BCUT2D eigenvalue weighted by Gasteiger charge is -2.17. The summed E-state index contributed by atoms with van der Waals surface area (Å²) in [5.74, 6) is 0. The van der Waals surface area contributed by atoms with Crippen molar-refractivity contribution in [3.63, 3.8) is 0 Å². The summed E-state index contributed by atoms with van der Waals surface area (Å²) >= 11 is 0. The Morgan fingerprint density at radius 3 is 2.60 bits per heavy atom. The van der Waals surface area contributed by atoms with E-state index < -0.39 is 0 Å². The topological polar surface area (TPSA) is 47.2 Å². The monoisotopic (exact) mass is 272 g/mol. The first-order valence-corrected chi connectivity index (χ1v) is 7.01. The minimum absolute atomic E-state index is 0.165. The highest BCUT2D eigenvalue weighted by atomic mass is 16.7. The van der Waals surface area contributed by atoms with Gasteiger partial charge in [-0.05, 0) is 32.0 Å². The molecule has 0 saturated heterocycles. The van der Waals surface area contributed by atoms with E-state index in [9.17, 15) is 0 Å². The molecule has 1 aromatic heterocycles. The Morgan fingerprint density at radius 2 is 1.95 bits per heavy atom. The standard InChI is InChI=1S/C16H20N2O2/c1-3-19-16(20-4-2)9-11-18-10-8-14-13(12-17)6-5-7-15(14)18/h5-8,10,16H,3-4,9,11H2,1-2H3. The zero-order valence-corrected chi connectivity index (χ0v) is 12.0. The summed E-state index contributed by atoms with van der Waals surface area (Å²) in [5.41, 5.74) is 1.79. The molecule has 2 aromatic rings. The van der Waals surface area contributed by atoms with Gasteiger partial charge in [0.1, 0.15) is 0 Å². The Bertz CT molecular complexity index is 592. The summed E-state index contributed by atoms with van der Waals surface area (Å²) in [6, 6.07) is 10.0. The Hall–Kier alpha value is -1.83. The SMILES string of the molecule is CCOC(CCn1ccc2c(C#N)cccc21)OCC. The van der Waals surface area contributed by atoms with Gasteiger partial charge in [-0.3, -0.25) is 0 Å². The number of nitrogens with zero attached hydrogens (tertiary/aromatic N) is 2. The minimum Gasteiger partial charge on any atom is -0.353 e. The second kappa shape index (κ2) is 7.09. The van der Waals surface area contributed by atoms with E-state index in [1.165, 1.54) is 0 Å². The lowest BCUT2D eigenvalue weighted by Crippen LogP contribution is -2.19. The van der Waals surface area contributed by atoms with Crippen molar-refractivity contribution in [2.45, 2.75) is 33.1 Å². The van der Waals surface area contributed by atoms with Crippen LogP contribution in [0.4, 0.5) is 0 Å². The van der Waals surface area contributed by atoms with Crippen LogP contribution >= 0.6 is 0 Å². The molecule has 0 N–H and O–H groups in total. The van der Waals surface area contributed by atoms with Crippen LogP contribution in [0.3, 0.4) is 0 Å². The van der Waals surface area contributed by atoms with E-state index in [4.69, 9.17) is 14.7 Å². The van der Waals surface area contributed by atoms with Crippen molar-refractivity contribution in [3.05, 3.63) is 36.0 Å². The van der Waals surface area contributed by atoms with Gasteiger partial charge in [-0.1, -0.05) is 6.07 Å².